The Hall–Kier alpha value is -0.200. The quantitative estimate of drug-likeness (QED) is 0.331. The van der Waals surface area contributed by atoms with E-state index in [1.807, 2.05) is 0 Å². The Morgan fingerprint density at radius 2 is 1.67 bits per heavy atom. The van der Waals surface area contributed by atoms with Crippen molar-refractivity contribution in [1.82, 2.24) is 0 Å². The largest absolute Gasteiger partial charge is 0.394 e. The van der Waals surface area contributed by atoms with Crippen LogP contribution >= 0.6 is 0 Å². The minimum absolute atomic E-state index is 0.189. The van der Waals surface area contributed by atoms with Gasteiger partial charge < -0.3 is 25.5 Å². The summed E-state index contributed by atoms with van der Waals surface area (Å²) in [6, 6.07) is 0. The van der Waals surface area contributed by atoms with E-state index < -0.39 is 31.0 Å². The Kier molecular flexibility index (Phi) is 4.66. The monoisotopic (exact) mass is 180 g/mol. The van der Waals surface area contributed by atoms with E-state index in [0.717, 1.165) is 0 Å². The predicted molar refractivity (Wildman–Crippen MR) is 41.4 cm³/mol. The summed E-state index contributed by atoms with van der Waals surface area (Å²) in [5.74, 6) is 0. The summed E-state index contributed by atoms with van der Waals surface area (Å²) in [4.78, 5) is 0. The summed E-state index contributed by atoms with van der Waals surface area (Å²) in [6.07, 6.45) is -2.59. The summed E-state index contributed by atoms with van der Waals surface area (Å²) in [5.41, 5.74) is -2.02. The zero-order valence-corrected chi connectivity index (χ0v) is 7.01. The molecule has 5 nitrogen and oxygen atoms in total. The molecule has 3 unspecified atom stereocenters. The molecule has 0 saturated heterocycles. The molecule has 0 bridgehead atoms. The van der Waals surface area contributed by atoms with Crippen LogP contribution in [0.4, 0.5) is 0 Å². The average molecular weight is 180 g/mol. The highest BCUT2D eigenvalue weighted by Gasteiger charge is 2.40. The summed E-state index contributed by atoms with van der Waals surface area (Å²) in [6.45, 7) is 0.104. The first-order chi connectivity index (χ1) is 5.52. The van der Waals surface area contributed by atoms with Crippen LogP contribution in [0.25, 0.3) is 0 Å². The highest BCUT2D eigenvalue weighted by Crippen LogP contribution is 2.17. The van der Waals surface area contributed by atoms with E-state index >= 15 is 0 Å². The van der Waals surface area contributed by atoms with Gasteiger partial charge >= 0.3 is 0 Å². The van der Waals surface area contributed by atoms with Crippen LogP contribution in [0.5, 0.6) is 0 Å². The Labute approximate surface area is 70.9 Å². The molecule has 0 heterocycles. The maximum atomic E-state index is 9.45. The van der Waals surface area contributed by atoms with E-state index in [4.69, 9.17) is 15.3 Å². The van der Waals surface area contributed by atoms with Gasteiger partial charge in [0.2, 0.25) is 0 Å². The lowest BCUT2D eigenvalue weighted by molar-refractivity contribution is -0.177. The third-order valence-electron chi connectivity index (χ3n) is 1.97. The number of hydrogen-bond acceptors (Lipinski definition) is 5. The molecule has 0 rings (SSSR count). The van der Waals surface area contributed by atoms with E-state index in [2.05, 4.69) is 0 Å². The Bertz CT molecular complexity index is 117. The highest BCUT2D eigenvalue weighted by molar-refractivity contribution is 4.91. The lowest BCUT2D eigenvalue weighted by Gasteiger charge is -2.33. The van der Waals surface area contributed by atoms with Crippen molar-refractivity contribution >= 4 is 0 Å². The molecule has 74 valence electrons. The SMILES string of the molecule is CCC(O)C(O)(CO)C(O)CO. The molecule has 0 spiro atoms. The predicted octanol–water partition coefficient (Wildman–Crippen LogP) is -2.17. The van der Waals surface area contributed by atoms with Crippen LogP contribution in [-0.2, 0) is 0 Å². The number of hydrogen-bond donors (Lipinski definition) is 5. The van der Waals surface area contributed by atoms with Gasteiger partial charge in [-0.2, -0.15) is 0 Å². The first kappa shape index (κ1) is 11.8. The summed E-state index contributed by atoms with van der Waals surface area (Å²) >= 11 is 0. The molecule has 0 aromatic heterocycles. The second-order valence-electron chi connectivity index (χ2n) is 2.77. The fraction of sp³-hybridized carbons (Fsp3) is 1.00. The zero-order valence-electron chi connectivity index (χ0n) is 7.01. The van der Waals surface area contributed by atoms with Crippen LogP contribution in [0.1, 0.15) is 13.3 Å². The molecular weight excluding hydrogens is 164 g/mol. The van der Waals surface area contributed by atoms with Crippen molar-refractivity contribution in [2.75, 3.05) is 13.2 Å². The fourth-order valence-electron chi connectivity index (χ4n) is 0.944. The standard InChI is InChI=1S/C7H16O5/c1-2-5(10)7(12,4-9)6(11)3-8/h5-6,8-12H,2-4H2,1H3. The van der Waals surface area contributed by atoms with Crippen molar-refractivity contribution < 1.29 is 25.5 Å². The first-order valence-electron chi connectivity index (χ1n) is 3.83. The Morgan fingerprint density at radius 1 is 1.17 bits per heavy atom. The summed E-state index contributed by atoms with van der Waals surface area (Å²) in [5, 5.41) is 44.9. The van der Waals surface area contributed by atoms with E-state index in [0.29, 0.717) is 0 Å². The van der Waals surface area contributed by atoms with E-state index in [1.165, 1.54) is 0 Å². The van der Waals surface area contributed by atoms with Crippen LogP contribution in [0.15, 0.2) is 0 Å². The molecular formula is C7H16O5. The van der Waals surface area contributed by atoms with Gasteiger partial charge in [-0.15, -0.1) is 0 Å². The minimum atomic E-state index is -2.02. The smallest absolute Gasteiger partial charge is 0.141 e. The van der Waals surface area contributed by atoms with Gasteiger partial charge in [-0.3, -0.25) is 0 Å². The van der Waals surface area contributed by atoms with Crippen LogP contribution in [0, 0.1) is 0 Å². The van der Waals surface area contributed by atoms with Gasteiger partial charge in [0.25, 0.3) is 0 Å². The molecule has 5 heteroatoms. The maximum Gasteiger partial charge on any atom is 0.141 e. The van der Waals surface area contributed by atoms with Crippen LogP contribution < -0.4 is 0 Å². The second kappa shape index (κ2) is 4.74. The van der Waals surface area contributed by atoms with Gasteiger partial charge in [0.05, 0.1) is 19.3 Å². The molecule has 0 fully saturated rings. The van der Waals surface area contributed by atoms with Gasteiger partial charge in [0.1, 0.15) is 11.7 Å². The summed E-state index contributed by atoms with van der Waals surface area (Å²) in [7, 11) is 0. The minimum Gasteiger partial charge on any atom is -0.394 e. The van der Waals surface area contributed by atoms with Gasteiger partial charge in [-0.1, -0.05) is 6.92 Å². The van der Waals surface area contributed by atoms with E-state index in [1.54, 1.807) is 6.92 Å². The van der Waals surface area contributed by atoms with Gasteiger partial charge in [-0.25, -0.2) is 0 Å². The molecule has 12 heavy (non-hydrogen) atoms. The Balaban J connectivity index is 4.42. The molecule has 0 aliphatic rings. The molecule has 0 aliphatic heterocycles. The molecule has 3 atom stereocenters. The van der Waals surface area contributed by atoms with Crippen molar-refractivity contribution in [3.05, 3.63) is 0 Å². The maximum absolute atomic E-state index is 9.45. The lowest BCUT2D eigenvalue weighted by atomic mass is 9.90. The Morgan fingerprint density at radius 3 is 1.92 bits per heavy atom. The van der Waals surface area contributed by atoms with E-state index in [9.17, 15) is 10.2 Å². The molecule has 0 saturated carbocycles. The van der Waals surface area contributed by atoms with Crippen LogP contribution in [-0.4, -0.2) is 56.6 Å². The van der Waals surface area contributed by atoms with Gasteiger partial charge in [-0.05, 0) is 6.42 Å². The molecule has 0 aromatic rings. The third kappa shape index (κ3) is 2.15. The topological polar surface area (TPSA) is 101 Å². The van der Waals surface area contributed by atoms with Crippen LogP contribution in [0.2, 0.25) is 0 Å². The number of rotatable bonds is 5. The second-order valence-corrected chi connectivity index (χ2v) is 2.77. The van der Waals surface area contributed by atoms with E-state index in [-0.39, 0.29) is 6.42 Å². The first-order valence-corrected chi connectivity index (χ1v) is 3.83. The van der Waals surface area contributed by atoms with Crippen molar-refractivity contribution in [2.45, 2.75) is 31.2 Å². The third-order valence-corrected chi connectivity index (χ3v) is 1.97. The fourth-order valence-corrected chi connectivity index (χ4v) is 0.944. The molecule has 0 aliphatic carbocycles. The molecule has 0 aromatic carbocycles. The van der Waals surface area contributed by atoms with Crippen molar-refractivity contribution in [2.24, 2.45) is 0 Å². The van der Waals surface area contributed by atoms with Gasteiger partial charge in [0, 0.05) is 0 Å². The van der Waals surface area contributed by atoms with Gasteiger partial charge in [0.15, 0.2) is 0 Å². The normalized spacial score (nSPS) is 21.5. The van der Waals surface area contributed by atoms with Crippen LogP contribution in [0.3, 0.4) is 0 Å². The lowest BCUT2D eigenvalue weighted by Crippen LogP contribution is -2.56. The molecule has 0 radical (unpaired) electrons. The number of aliphatic hydroxyl groups excluding tert-OH is 4. The highest BCUT2D eigenvalue weighted by atomic mass is 16.4. The number of aliphatic hydroxyl groups is 5. The molecule has 0 amide bonds. The zero-order chi connectivity index (χ0) is 9.78. The molecule has 5 N–H and O–H groups in total. The van der Waals surface area contributed by atoms with Crippen molar-refractivity contribution in [3.63, 3.8) is 0 Å². The van der Waals surface area contributed by atoms with Crippen molar-refractivity contribution in [3.8, 4) is 0 Å². The average Bonchev–Trinajstić information content (AvgIpc) is 2.13. The van der Waals surface area contributed by atoms with Crippen molar-refractivity contribution in [1.29, 1.82) is 0 Å². The summed E-state index contributed by atoms with van der Waals surface area (Å²) < 4.78 is 0.